The van der Waals surface area contributed by atoms with Gasteiger partial charge in [0, 0.05) is 11.1 Å². The van der Waals surface area contributed by atoms with Crippen LogP contribution in [0.1, 0.15) is 42.0 Å². The average Bonchev–Trinajstić information content (AvgIpc) is 2.70. The van der Waals surface area contributed by atoms with E-state index in [9.17, 15) is 0 Å². The Morgan fingerprint density at radius 3 is 2.00 bits per heavy atom. The van der Waals surface area contributed by atoms with Gasteiger partial charge < -0.3 is 19.3 Å². The molecule has 0 aromatic heterocycles. The van der Waals surface area contributed by atoms with Gasteiger partial charge in [0.05, 0.1) is 26.4 Å². The first-order valence-corrected chi connectivity index (χ1v) is 10.0. The molecule has 0 saturated carbocycles. The predicted molar refractivity (Wildman–Crippen MR) is 110 cm³/mol. The van der Waals surface area contributed by atoms with Crippen LogP contribution in [-0.4, -0.2) is 38.1 Å². The Bertz CT molecular complexity index is 832. The van der Waals surface area contributed by atoms with Gasteiger partial charge in [-0.05, 0) is 66.8 Å². The molecule has 1 N–H and O–H groups in total. The fraction of sp³-hybridized carbons (Fsp3) is 0.417. The monoisotopic (exact) mass is 380 g/mol. The van der Waals surface area contributed by atoms with E-state index in [1.807, 2.05) is 18.2 Å². The highest BCUT2D eigenvalue weighted by Crippen LogP contribution is 2.25. The van der Waals surface area contributed by atoms with E-state index in [-0.39, 0.29) is 6.61 Å². The van der Waals surface area contributed by atoms with Gasteiger partial charge in [-0.2, -0.15) is 0 Å². The highest BCUT2D eigenvalue weighted by molar-refractivity contribution is 5.54. The summed E-state index contributed by atoms with van der Waals surface area (Å²) in [4.78, 5) is 0. The Morgan fingerprint density at radius 2 is 1.43 bits per heavy atom. The van der Waals surface area contributed by atoms with E-state index >= 15 is 0 Å². The number of aryl methyl sites for hydroxylation is 2. The number of benzene rings is 2. The largest absolute Gasteiger partial charge is 0.494 e. The van der Waals surface area contributed by atoms with Crippen LogP contribution in [0.15, 0.2) is 36.4 Å². The van der Waals surface area contributed by atoms with E-state index in [4.69, 9.17) is 19.3 Å². The van der Waals surface area contributed by atoms with E-state index in [1.54, 1.807) is 0 Å². The minimum Gasteiger partial charge on any atom is -0.494 e. The van der Waals surface area contributed by atoms with Crippen molar-refractivity contribution in [1.82, 2.24) is 0 Å². The molecule has 0 spiro atoms. The Kier molecular flexibility index (Phi) is 7.78. The number of rotatable bonds is 10. The van der Waals surface area contributed by atoms with Gasteiger partial charge >= 0.3 is 0 Å². The lowest BCUT2D eigenvalue weighted by Crippen LogP contribution is -2.09. The highest BCUT2D eigenvalue weighted by Gasteiger charge is 2.10. The molecule has 0 aliphatic heterocycles. The predicted octanol–water partition coefficient (Wildman–Crippen LogP) is 3.75. The Balaban J connectivity index is 1.67. The zero-order chi connectivity index (χ0) is 19.6. The summed E-state index contributed by atoms with van der Waals surface area (Å²) in [6, 6.07) is 12.3. The van der Waals surface area contributed by atoms with E-state index in [2.05, 4.69) is 37.0 Å². The van der Waals surface area contributed by atoms with Gasteiger partial charge in [-0.3, -0.25) is 0 Å². The van der Waals surface area contributed by atoms with Crippen LogP contribution < -0.4 is 9.47 Å². The molecule has 1 aliphatic carbocycles. The Morgan fingerprint density at radius 1 is 0.821 bits per heavy atom. The molecule has 0 saturated heterocycles. The molecular weight excluding hydrogens is 352 g/mol. The van der Waals surface area contributed by atoms with Crippen LogP contribution in [0.2, 0.25) is 0 Å². The van der Waals surface area contributed by atoms with Crippen LogP contribution in [0.25, 0.3) is 0 Å². The Labute approximate surface area is 167 Å². The third kappa shape index (κ3) is 5.76. The topological polar surface area (TPSA) is 47.9 Å². The second-order valence-electron chi connectivity index (χ2n) is 6.77. The lowest BCUT2D eigenvalue weighted by Gasteiger charge is -2.14. The molecule has 3 rings (SSSR count). The van der Waals surface area contributed by atoms with Crippen LogP contribution in [0.3, 0.4) is 0 Å². The average molecular weight is 380 g/mol. The summed E-state index contributed by atoms with van der Waals surface area (Å²) in [6.07, 6.45) is 4.03. The summed E-state index contributed by atoms with van der Waals surface area (Å²) in [5.74, 6) is 8.37. The molecule has 1 aliphatic rings. The van der Waals surface area contributed by atoms with Gasteiger partial charge in [-0.25, -0.2) is 0 Å². The summed E-state index contributed by atoms with van der Waals surface area (Å²) in [6.45, 7) is 4.22. The number of aliphatic hydroxyl groups is 1. The lowest BCUT2D eigenvalue weighted by molar-refractivity contribution is 0.0705. The molecule has 0 heterocycles. The molecule has 0 bridgehead atoms. The maximum atomic E-state index is 8.72. The molecule has 2 aromatic rings. The maximum absolute atomic E-state index is 8.72. The SMILES string of the molecule is CCCCOc1ccc2c(c1)CCc1cc(OCCOCCO)ccc1C#C2. The van der Waals surface area contributed by atoms with Crippen LogP contribution in [0, 0.1) is 11.8 Å². The first-order chi connectivity index (χ1) is 13.8. The summed E-state index contributed by atoms with van der Waals surface area (Å²) < 4.78 is 16.8. The third-order valence-corrected chi connectivity index (χ3v) is 4.65. The molecule has 148 valence electrons. The van der Waals surface area contributed by atoms with Crippen molar-refractivity contribution in [2.24, 2.45) is 0 Å². The van der Waals surface area contributed by atoms with E-state index in [1.165, 1.54) is 11.1 Å². The van der Waals surface area contributed by atoms with Crippen molar-refractivity contribution >= 4 is 0 Å². The second-order valence-corrected chi connectivity index (χ2v) is 6.77. The molecule has 4 heteroatoms. The number of ether oxygens (including phenoxy) is 3. The molecule has 0 radical (unpaired) electrons. The molecule has 0 atom stereocenters. The third-order valence-electron chi connectivity index (χ3n) is 4.65. The molecule has 28 heavy (non-hydrogen) atoms. The summed E-state index contributed by atoms with van der Waals surface area (Å²) >= 11 is 0. The van der Waals surface area contributed by atoms with Crippen molar-refractivity contribution < 1.29 is 19.3 Å². The van der Waals surface area contributed by atoms with Crippen molar-refractivity contribution in [3.63, 3.8) is 0 Å². The summed E-state index contributed by atoms with van der Waals surface area (Å²) in [5.41, 5.74) is 4.56. The molecule has 0 fully saturated rings. The van der Waals surface area contributed by atoms with Crippen LogP contribution in [-0.2, 0) is 17.6 Å². The number of hydrogen-bond acceptors (Lipinski definition) is 4. The lowest BCUT2D eigenvalue weighted by atomic mass is 9.94. The molecule has 0 amide bonds. The first kappa shape index (κ1) is 20.3. The molecule has 4 nitrogen and oxygen atoms in total. The van der Waals surface area contributed by atoms with Gasteiger partial charge in [0.1, 0.15) is 18.1 Å². The van der Waals surface area contributed by atoms with Crippen molar-refractivity contribution in [3.05, 3.63) is 58.7 Å². The molecule has 0 unspecified atom stereocenters. The molecular formula is C24H28O4. The van der Waals surface area contributed by atoms with Gasteiger partial charge in [0.2, 0.25) is 0 Å². The first-order valence-electron chi connectivity index (χ1n) is 10.0. The van der Waals surface area contributed by atoms with Crippen molar-refractivity contribution in [2.75, 3.05) is 33.0 Å². The minimum atomic E-state index is 0.0321. The quantitative estimate of drug-likeness (QED) is 0.504. The fourth-order valence-corrected chi connectivity index (χ4v) is 3.10. The number of fused-ring (bicyclic) bond motifs is 2. The van der Waals surface area contributed by atoms with Crippen LogP contribution in [0.4, 0.5) is 0 Å². The van der Waals surface area contributed by atoms with Crippen molar-refractivity contribution in [1.29, 1.82) is 0 Å². The Hall–Kier alpha value is -2.48. The van der Waals surface area contributed by atoms with Crippen molar-refractivity contribution in [3.8, 4) is 23.3 Å². The maximum Gasteiger partial charge on any atom is 0.119 e. The van der Waals surface area contributed by atoms with Gasteiger partial charge in [0.25, 0.3) is 0 Å². The minimum absolute atomic E-state index is 0.0321. The van der Waals surface area contributed by atoms with Gasteiger partial charge in [0.15, 0.2) is 0 Å². The van der Waals surface area contributed by atoms with E-state index < -0.39 is 0 Å². The second kappa shape index (κ2) is 10.8. The normalized spacial score (nSPS) is 12.1. The van der Waals surface area contributed by atoms with Crippen molar-refractivity contribution in [2.45, 2.75) is 32.6 Å². The smallest absolute Gasteiger partial charge is 0.119 e. The van der Waals surface area contributed by atoms with Crippen LogP contribution in [0.5, 0.6) is 11.5 Å². The zero-order valence-corrected chi connectivity index (χ0v) is 16.5. The van der Waals surface area contributed by atoms with Crippen LogP contribution >= 0.6 is 0 Å². The number of aliphatic hydroxyl groups excluding tert-OH is 1. The highest BCUT2D eigenvalue weighted by atomic mass is 16.5. The summed E-state index contributed by atoms with van der Waals surface area (Å²) in [7, 11) is 0. The van der Waals surface area contributed by atoms with Gasteiger partial charge in [-0.15, -0.1) is 0 Å². The summed E-state index contributed by atoms with van der Waals surface area (Å²) in [5, 5.41) is 8.72. The fourth-order valence-electron chi connectivity index (χ4n) is 3.10. The van der Waals surface area contributed by atoms with E-state index in [0.29, 0.717) is 19.8 Å². The van der Waals surface area contributed by atoms with Gasteiger partial charge in [-0.1, -0.05) is 25.2 Å². The number of unbranched alkanes of at least 4 members (excludes halogenated alkanes) is 1. The number of hydrogen-bond donors (Lipinski definition) is 1. The zero-order valence-electron chi connectivity index (χ0n) is 16.5. The molecule has 2 aromatic carbocycles. The van der Waals surface area contributed by atoms with E-state index in [0.717, 1.165) is 54.9 Å². The standard InChI is InChI=1S/C24H28O4/c1-2-3-13-27-23-10-8-19-4-5-20-9-11-24(28-16-15-26-14-12-25)18-22(20)7-6-21(19)17-23/h8-11,17-18,25H,2-3,6-7,12-16H2,1H3.